The lowest BCUT2D eigenvalue weighted by atomic mass is 9.79. The first kappa shape index (κ1) is 12.6. The van der Waals surface area contributed by atoms with E-state index in [-0.39, 0.29) is 12.1 Å². The standard InChI is InChI=1S/C17H21NO/c18-17(13-8-10-14(19)11-9-13)16-7-3-5-12-4-1-2-6-15(12)16/h1-7,13-14,17,19H,8-11,18H2. The van der Waals surface area contributed by atoms with Crippen LogP contribution in [0.1, 0.15) is 37.3 Å². The predicted octanol–water partition coefficient (Wildman–Crippen LogP) is 3.39. The van der Waals surface area contributed by atoms with Crippen molar-refractivity contribution in [2.45, 2.75) is 37.8 Å². The molecule has 1 unspecified atom stereocenters. The normalized spacial score (nSPS) is 25.4. The van der Waals surface area contributed by atoms with E-state index < -0.39 is 0 Å². The molecule has 0 spiro atoms. The molecule has 1 saturated carbocycles. The third-order valence-electron chi connectivity index (χ3n) is 4.43. The van der Waals surface area contributed by atoms with Crippen LogP contribution in [0.15, 0.2) is 42.5 Å². The van der Waals surface area contributed by atoms with Crippen LogP contribution in [0.2, 0.25) is 0 Å². The van der Waals surface area contributed by atoms with Gasteiger partial charge in [-0.25, -0.2) is 0 Å². The van der Waals surface area contributed by atoms with Crippen molar-refractivity contribution in [1.29, 1.82) is 0 Å². The first-order valence-corrected chi connectivity index (χ1v) is 7.17. The molecular formula is C17H21NO. The van der Waals surface area contributed by atoms with Crippen molar-refractivity contribution in [3.05, 3.63) is 48.0 Å². The zero-order valence-corrected chi connectivity index (χ0v) is 11.1. The number of benzene rings is 2. The van der Waals surface area contributed by atoms with Crippen molar-refractivity contribution >= 4 is 10.8 Å². The van der Waals surface area contributed by atoms with E-state index in [0.717, 1.165) is 25.7 Å². The highest BCUT2D eigenvalue weighted by Crippen LogP contribution is 2.35. The maximum atomic E-state index is 9.61. The van der Waals surface area contributed by atoms with Crippen LogP contribution in [-0.4, -0.2) is 11.2 Å². The fraction of sp³-hybridized carbons (Fsp3) is 0.412. The van der Waals surface area contributed by atoms with Crippen LogP contribution in [0.5, 0.6) is 0 Å². The van der Waals surface area contributed by atoms with Gasteiger partial charge in [0.05, 0.1) is 6.10 Å². The second-order valence-corrected chi connectivity index (χ2v) is 5.66. The highest BCUT2D eigenvalue weighted by molar-refractivity contribution is 5.86. The van der Waals surface area contributed by atoms with Gasteiger partial charge in [0.2, 0.25) is 0 Å². The van der Waals surface area contributed by atoms with Gasteiger partial charge in [-0.2, -0.15) is 0 Å². The molecule has 1 aliphatic carbocycles. The lowest BCUT2D eigenvalue weighted by molar-refractivity contribution is 0.102. The number of aliphatic hydroxyl groups is 1. The number of fused-ring (bicyclic) bond motifs is 1. The van der Waals surface area contributed by atoms with Crippen LogP contribution in [-0.2, 0) is 0 Å². The summed E-state index contributed by atoms with van der Waals surface area (Å²) in [7, 11) is 0. The summed E-state index contributed by atoms with van der Waals surface area (Å²) in [5.74, 6) is 0.495. The minimum Gasteiger partial charge on any atom is -0.393 e. The molecule has 2 heteroatoms. The van der Waals surface area contributed by atoms with E-state index in [1.54, 1.807) is 0 Å². The highest BCUT2D eigenvalue weighted by atomic mass is 16.3. The highest BCUT2D eigenvalue weighted by Gasteiger charge is 2.26. The van der Waals surface area contributed by atoms with E-state index >= 15 is 0 Å². The van der Waals surface area contributed by atoms with Gasteiger partial charge in [-0.1, -0.05) is 42.5 Å². The summed E-state index contributed by atoms with van der Waals surface area (Å²) in [4.78, 5) is 0. The Morgan fingerprint density at radius 2 is 1.63 bits per heavy atom. The molecule has 1 atom stereocenters. The van der Waals surface area contributed by atoms with E-state index in [0.29, 0.717) is 5.92 Å². The Morgan fingerprint density at radius 1 is 0.947 bits per heavy atom. The second-order valence-electron chi connectivity index (χ2n) is 5.66. The molecule has 2 aromatic carbocycles. The molecule has 19 heavy (non-hydrogen) atoms. The number of rotatable bonds is 2. The van der Waals surface area contributed by atoms with E-state index in [1.807, 2.05) is 0 Å². The number of aliphatic hydroxyl groups excluding tert-OH is 1. The molecule has 0 aromatic heterocycles. The zero-order valence-electron chi connectivity index (χ0n) is 11.1. The fourth-order valence-electron chi connectivity index (χ4n) is 3.26. The van der Waals surface area contributed by atoms with Crippen molar-refractivity contribution in [3.8, 4) is 0 Å². The Balaban J connectivity index is 1.91. The van der Waals surface area contributed by atoms with Gasteiger partial charge >= 0.3 is 0 Å². The smallest absolute Gasteiger partial charge is 0.0540 e. The Labute approximate surface area is 114 Å². The first-order chi connectivity index (χ1) is 9.25. The summed E-state index contributed by atoms with van der Waals surface area (Å²) in [6.45, 7) is 0. The summed E-state index contributed by atoms with van der Waals surface area (Å²) in [6.07, 6.45) is 3.74. The number of nitrogens with two attached hydrogens (primary N) is 1. The lowest BCUT2D eigenvalue weighted by Gasteiger charge is -2.30. The summed E-state index contributed by atoms with van der Waals surface area (Å²) in [5, 5.41) is 12.1. The first-order valence-electron chi connectivity index (χ1n) is 7.17. The zero-order chi connectivity index (χ0) is 13.2. The summed E-state index contributed by atoms with van der Waals surface area (Å²) >= 11 is 0. The van der Waals surface area contributed by atoms with Crippen molar-refractivity contribution in [1.82, 2.24) is 0 Å². The molecule has 0 bridgehead atoms. The van der Waals surface area contributed by atoms with Gasteiger partial charge in [0.1, 0.15) is 0 Å². The van der Waals surface area contributed by atoms with Crippen LogP contribution in [0.3, 0.4) is 0 Å². The van der Waals surface area contributed by atoms with Crippen molar-refractivity contribution in [2.75, 3.05) is 0 Å². The van der Waals surface area contributed by atoms with E-state index in [2.05, 4.69) is 42.5 Å². The fourth-order valence-corrected chi connectivity index (χ4v) is 3.26. The van der Waals surface area contributed by atoms with Crippen molar-refractivity contribution < 1.29 is 5.11 Å². The third-order valence-corrected chi connectivity index (χ3v) is 4.43. The molecule has 2 nitrogen and oxygen atoms in total. The van der Waals surface area contributed by atoms with Crippen molar-refractivity contribution in [3.63, 3.8) is 0 Å². The van der Waals surface area contributed by atoms with Gasteiger partial charge in [0.25, 0.3) is 0 Å². The van der Waals surface area contributed by atoms with E-state index in [9.17, 15) is 5.11 Å². The summed E-state index contributed by atoms with van der Waals surface area (Å²) in [6, 6.07) is 14.9. The Kier molecular flexibility index (Phi) is 3.54. The molecule has 0 amide bonds. The molecule has 2 aromatic rings. The van der Waals surface area contributed by atoms with Gasteiger partial charge in [0.15, 0.2) is 0 Å². The Morgan fingerprint density at radius 3 is 2.42 bits per heavy atom. The lowest BCUT2D eigenvalue weighted by Crippen LogP contribution is -2.27. The topological polar surface area (TPSA) is 46.2 Å². The molecule has 100 valence electrons. The average molecular weight is 255 g/mol. The van der Waals surface area contributed by atoms with Crippen LogP contribution in [0, 0.1) is 5.92 Å². The maximum Gasteiger partial charge on any atom is 0.0540 e. The molecule has 0 heterocycles. The van der Waals surface area contributed by atoms with Crippen molar-refractivity contribution in [2.24, 2.45) is 11.7 Å². The number of hydrogen-bond acceptors (Lipinski definition) is 2. The second kappa shape index (κ2) is 5.32. The van der Waals surface area contributed by atoms with E-state index in [1.165, 1.54) is 16.3 Å². The number of hydrogen-bond donors (Lipinski definition) is 2. The molecule has 3 rings (SSSR count). The Bertz CT molecular complexity index is 553. The van der Waals surface area contributed by atoms with Gasteiger partial charge in [-0.15, -0.1) is 0 Å². The molecule has 0 radical (unpaired) electrons. The average Bonchev–Trinajstić information content (AvgIpc) is 2.47. The van der Waals surface area contributed by atoms with Crippen LogP contribution < -0.4 is 5.73 Å². The maximum absolute atomic E-state index is 9.61. The monoisotopic (exact) mass is 255 g/mol. The minimum absolute atomic E-state index is 0.0820. The summed E-state index contributed by atoms with van der Waals surface area (Å²) in [5.41, 5.74) is 7.75. The minimum atomic E-state index is -0.115. The quantitative estimate of drug-likeness (QED) is 0.864. The van der Waals surface area contributed by atoms with Crippen LogP contribution in [0.4, 0.5) is 0 Å². The molecule has 0 aliphatic heterocycles. The largest absolute Gasteiger partial charge is 0.393 e. The third kappa shape index (κ3) is 2.51. The van der Waals surface area contributed by atoms with Gasteiger partial charge < -0.3 is 10.8 Å². The Hall–Kier alpha value is -1.38. The van der Waals surface area contributed by atoms with Gasteiger partial charge in [-0.05, 0) is 47.9 Å². The van der Waals surface area contributed by atoms with Crippen LogP contribution >= 0.6 is 0 Å². The van der Waals surface area contributed by atoms with Gasteiger partial charge in [0, 0.05) is 6.04 Å². The molecule has 0 saturated heterocycles. The SMILES string of the molecule is NC(c1cccc2ccccc12)C1CCC(O)CC1. The molecule has 1 aliphatic rings. The van der Waals surface area contributed by atoms with Crippen LogP contribution in [0.25, 0.3) is 10.8 Å². The summed E-state index contributed by atoms with van der Waals surface area (Å²) < 4.78 is 0. The molecular weight excluding hydrogens is 234 g/mol. The predicted molar refractivity (Wildman–Crippen MR) is 78.8 cm³/mol. The van der Waals surface area contributed by atoms with Gasteiger partial charge in [-0.3, -0.25) is 0 Å². The molecule has 3 N–H and O–H groups in total. The van der Waals surface area contributed by atoms with E-state index in [4.69, 9.17) is 5.73 Å². The molecule has 1 fully saturated rings.